The molecule has 170 valence electrons. The summed E-state index contributed by atoms with van der Waals surface area (Å²) in [6.45, 7) is 7.53. The summed E-state index contributed by atoms with van der Waals surface area (Å²) in [4.78, 5) is 19.4. The Bertz CT molecular complexity index is 1070. The number of imidazole rings is 1. The molecule has 1 saturated heterocycles. The molecule has 0 aliphatic carbocycles. The Labute approximate surface area is 188 Å². The van der Waals surface area contributed by atoms with E-state index in [0.717, 1.165) is 41.8 Å². The standard InChI is InChI=1S/C25H31FN4O2/c1-25(2,3)32-24(31)29-15-7-6-8-20(29)16-27-23-28-21-9-4-5-10-22(21)30(23)17-18-11-13-19(26)14-12-18/h4-5,9-14,20H,6-8,15-17H2,1-3H3,(H,27,28)/t20-/m1/s1. The van der Waals surface area contributed by atoms with Gasteiger partial charge in [-0.3, -0.25) is 0 Å². The molecule has 2 heterocycles. The molecule has 1 N–H and O–H groups in total. The maximum absolute atomic E-state index is 13.4. The number of ether oxygens (including phenoxy) is 1. The van der Waals surface area contributed by atoms with Gasteiger partial charge >= 0.3 is 6.09 Å². The van der Waals surface area contributed by atoms with Gasteiger partial charge in [-0.15, -0.1) is 0 Å². The molecule has 0 unspecified atom stereocenters. The van der Waals surface area contributed by atoms with Crippen molar-refractivity contribution < 1.29 is 13.9 Å². The third-order valence-corrected chi connectivity index (χ3v) is 5.66. The van der Waals surface area contributed by atoms with Gasteiger partial charge in [0.15, 0.2) is 0 Å². The van der Waals surface area contributed by atoms with E-state index in [1.54, 1.807) is 12.1 Å². The Hall–Kier alpha value is -3.09. The maximum Gasteiger partial charge on any atom is 0.410 e. The fourth-order valence-electron chi connectivity index (χ4n) is 4.13. The lowest BCUT2D eigenvalue weighted by Gasteiger charge is -2.36. The van der Waals surface area contributed by atoms with Crippen molar-refractivity contribution in [2.75, 3.05) is 18.4 Å². The molecule has 2 aromatic carbocycles. The Morgan fingerprint density at radius 2 is 1.91 bits per heavy atom. The van der Waals surface area contributed by atoms with Crippen LogP contribution in [-0.4, -0.2) is 45.3 Å². The summed E-state index contributed by atoms with van der Waals surface area (Å²) in [5.74, 6) is 0.493. The largest absolute Gasteiger partial charge is 0.444 e. The molecule has 1 aliphatic rings. The van der Waals surface area contributed by atoms with Crippen molar-refractivity contribution in [3.8, 4) is 0 Å². The molecule has 1 amide bonds. The summed E-state index contributed by atoms with van der Waals surface area (Å²) in [5.41, 5.74) is 2.37. The first-order valence-corrected chi connectivity index (χ1v) is 11.2. The highest BCUT2D eigenvalue weighted by molar-refractivity contribution is 5.78. The van der Waals surface area contributed by atoms with Gasteiger partial charge in [0.1, 0.15) is 11.4 Å². The van der Waals surface area contributed by atoms with E-state index in [9.17, 15) is 9.18 Å². The number of hydrogen-bond donors (Lipinski definition) is 1. The van der Waals surface area contributed by atoms with Crippen molar-refractivity contribution in [2.45, 2.75) is 58.2 Å². The SMILES string of the molecule is CC(C)(C)OC(=O)N1CCCC[C@@H]1CNc1nc2ccccc2n1Cc1ccc(F)cc1. The molecule has 32 heavy (non-hydrogen) atoms. The van der Waals surface area contributed by atoms with E-state index in [1.165, 1.54) is 12.1 Å². The van der Waals surface area contributed by atoms with Gasteiger partial charge < -0.3 is 19.5 Å². The molecule has 6 nitrogen and oxygen atoms in total. The Balaban J connectivity index is 1.54. The number of aromatic nitrogens is 2. The number of nitrogens with one attached hydrogen (secondary N) is 1. The Morgan fingerprint density at radius 1 is 1.16 bits per heavy atom. The molecule has 7 heteroatoms. The van der Waals surface area contributed by atoms with Gasteiger partial charge in [-0.2, -0.15) is 0 Å². The number of para-hydroxylation sites is 2. The summed E-state index contributed by atoms with van der Waals surface area (Å²) in [5, 5.41) is 3.48. The second-order valence-electron chi connectivity index (χ2n) is 9.34. The lowest BCUT2D eigenvalue weighted by molar-refractivity contribution is 0.0114. The van der Waals surface area contributed by atoms with Gasteiger partial charge in [-0.05, 0) is 69.9 Å². The van der Waals surface area contributed by atoms with Crippen molar-refractivity contribution >= 4 is 23.1 Å². The Kier molecular flexibility index (Phi) is 6.35. The molecule has 0 spiro atoms. The predicted octanol–water partition coefficient (Wildman–Crippen LogP) is 5.43. The number of benzene rings is 2. The van der Waals surface area contributed by atoms with Crippen molar-refractivity contribution in [1.82, 2.24) is 14.5 Å². The number of amides is 1. The van der Waals surface area contributed by atoms with E-state index >= 15 is 0 Å². The van der Waals surface area contributed by atoms with Crippen molar-refractivity contribution in [2.24, 2.45) is 0 Å². The highest BCUT2D eigenvalue weighted by atomic mass is 19.1. The fourth-order valence-corrected chi connectivity index (χ4v) is 4.13. The summed E-state index contributed by atoms with van der Waals surface area (Å²) in [6, 6.07) is 14.5. The van der Waals surface area contributed by atoms with Crippen LogP contribution in [0.25, 0.3) is 11.0 Å². The van der Waals surface area contributed by atoms with Gasteiger partial charge in [0.25, 0.3) is 0 Å². The average Bonchev–Trinajstić information content (AvgIpc) is 3.10. The first kappa shape index (κ1) is 22.1. The summed E-state index contributed by atoms with van der Waals surface area (Å²) < 4.78 is 21.1. The normalized spacial score (nSPS) is 16.9. The van der Waals surface area contributed by atoms with Crippen LogP contribution < -0.4 is 5.32 Å². The van der Waals surface area contributed by atoms with Gasteiger partial charge in [0.2, 0.25) is 5.95 Å². The molecule has 1 aliphatic heterocycles. The van der Waals surface area contributed by atoms with Gasteiger partial charge in [-0.1, -0.05) is 24.3 Å². The number of carbonyl (C=O) groups excluding carboxylic acids is 1. The van der Waals surface area contributed by atoms with Crippen LogP contribution in [0.15, 0.2) is 48.5 Å². The van der Waals surface area contributed by atoms with Crippen LogP contribution in [0.2, 0.25) is 0 Å². The number of carbonyl (C=O) groups is 1. The van der Waals surface area contributed by atoms with E-state index in [4.69, 9.17) is 9.72 Å². The maximum atomic E-state index is 13.4. The van der Waals surface area contributed by atoms with E-state index in [1.807, 2.05) is 49.9 Å². The predicted molar refractivity (Wildman–Crippen MR) is 124 cm³/mol. The average molecular weight is 439 g/mol. The van der Waals surface area contributed by atoms with E-state index in [2.05, 4.69) is 9.88 Å². The number of halogens is 1. The van der Waals surface area contributed by atoms with Crippen LogP contribution in [0, 0.1) is 5.82 Å². The highest BCUT2D eigenvalue weighted by Gasteiger charge is 2.30. The van der Waals surface area contributed by atoms with Gasteiger partial charge in [0.05, 0.1) is 23.6 Å². The lowest BCUT2D eigenvalue weighted by atomic mass is 10.0. The van der Waals surface area contributed by atoms with E-state index in [0.29, 0.717) is 19.6 Å². The first-order chi connectivity index (χ1) is 15.3. The molecular weight excluding hydrogens is 407 g/mol. The van der Waals surface area contributed by atoms with Crippen molar-refractivity contribution in [3.05, 3.63) is 59.9 Å². The zero-order valence-corrected chi connectivity index (χ0v) is 19.0. The van der Waals surface area contributed by atoms with Crippen molar-refractivity contribution in [3.63, 3.8) is 0 Å². The quantitative estimate of drug-likeness (QED) is 0.577. The molecule has 1 fully saturated rings. The smallest absolute Gasteiger partial charge is 0.410 e. The molecular formula is C25H31FN4O2. The number of anilines is 1. The van der Waals surface area contributed by atoms with Crippen molar-refractivity contribution in [1.29, 1.82) is 0 Å². The minimum absolute atomic E-state index is 0.0395. The fraction of sp³-hybridized carbons (Fsp3) is 0.440. The highest BCUT2D eigenvalue weighted by Crippen LogP contribution is 2.24. The molecule has 4 rings (SSSR count). The van der Waals surface area contributed by atoms with E-state index < -0.39 is 5.60 Å². The number of piperidine rings is 1. The molecule has 0 saturated carbocycles. The molecule has 1 aromatic heterocycles. The molecule has 0 bridgehead atoms. The number of fused-ring (bicyclic) bond motifs is 1. The number of hydrogen-bond acceptors (Lipinski definition) is 4. The minimum atomic E-state index is -0.518. The lowest BCUT2D eigenvalue weighted by Crippen LogP contribution is -2.49. The topological polar surface area (TPSA) is 59.4 Å². The minimum Gasteiger partial charge on any atom is -0.444 e. The molecule has 1 atom stereocenters. The monoisotopic (exact) mass is 438 g/mol. The summed E-state index contributed by atoms with van der Waals surface area (Å²) in [7, 11) is 0. The van der Waals surface area contributed by atoms with Crippen LogP contribution in [0.1, 0.15) is 45.6 Å². The second kappa shape index (κ2) is 9.18. The summed E-state index contributed by atoms with van der Waals surface area (Å²) >= 11 is 0. The Morgan fingerprint density at radius 3 is 2.66 bits per heavy atom. The number of likely N-dealkylation sites (tertiary alicyclic amines) is 1. The zero-order valence-electron chi connectivity index (χ0n) is 19.0. The van der Waals surface area contributed by atoms with Crippen LogP contribution in [0.3, 0.4) is 0 Å². The van der Waals surface area contributed by atoms with Crippen LogP contribution in [0.4, 0.5) is 15.1 Å². The third kappa shape index (κ3) is 5.21. The first-order valence-electron chi connectivity index (χ1n) is 11.2. The molecule has 3 aromatic rings. The van der Waals surface area contributed by atoms with Gasteiger partial charge in [0, 0.05) is 13.1 Å². The number of rotatable bonds is 5. The third-order valence-electron chi connectivity index (χ3n) is 5.66. The van der Waals surface area contributed by atoms with Crippen LogP contribution in [-0.2, 0) is 11.3 Å². The van der Waals surface area contributed by atoms with Gasteiger partial charge in [-0.25, -0.2) is 14.2 Å². The summed E-state index contributed by atoms with van der Waals surface area (Å²) in [6.07, 6.45) is 2.73. The van der Waals surface area contributed by atoms with Crippen LogP contribution in [0.5, 0.6) is 0 Å². The zero-order chi connectivity index (χ0) is 22.7. The second-order valence-corrected chi connectivity index (χ2v) is 9.34. The molecule has 0 radical (unpaired) electrons. The van der Waals surface area contributed by atoms with E-state index in [-0.39, 0.29) is 18.0 Å². The van der Waals surface area contributed by atoms with Crippen LogP contribution >= 0.6 is 0 Å². The number of nitrogens with zero attached hydrogens (tertiary/aromatic N) is 3.